The Hall–Kier alpha value is -1.76. The molecule has 0 saturated heterocycles. The molecule has 0 aliphatic carbocycles. The van der Waals surface area contributed by atoms with Gasteiger partial charge in [-0.25, -0.2) is 0 Å². The summed E-state index contributed by atoms with van der Waals surface area (Å²) in [5.74, 6) is 4.92. The maximum atomic E-state index is 11.5. The molecular weight excluding hydrogens is 214 g/mol. The van der Waals surface area contributed by atoms with E-state index in [1.54, 1.807) is 18.9 Å². The highest BCUT2D eigenvalue weighted by Gasteiger charge is 2.18. The van der Waals surface area contributed by atoms with E-state index < -0.39 is 0 Å². The smallest absolute Gasteiger partial charge is 0.298 e. The maximum Gasteiger partial charge on any atom is 0.298 e. The van der Waals surface area contributed by atoms with Crippen molar-refractivity contribution >= 4 is 5.91 Å². The molecule has 1 aromatic rings. The first kappa shape index (κ1) is 13.3. The Bertz CT molecular complexity index is 457. The van der Waals surface area contributed by atoms with Crippen molar-refractivity contribution in [2.24, 2.45) is 0 Å². The van der Waals surface area contributed by atoms with Crippen LogP contribution in [0, 0.1) is 11.8 Å². The number of aromatic nitrogens is 2. The van der Waals surface area contributed by atoms with Crippen LogP contribution in [-0.2, 0) is 16.8 Å². The van der Waals surface area contributed by atoms with Gasteiger partial charge in [-0.15, -0.1) is 0 Å². The second kappa shape index (κ2) is 5.05. The van der Waals surface area contributed by atoms with Crippen molar-refractivity contribution in [2.75, 3.05) is 7.05 Å². The number of rotatable bonds is 2. The molecule has 17 heavy (non-hydrogen) atoms. The molecule has 0 fully saturated rings. The lowest BCUT2D eigenvalue weighted by atomic mass is 9.92. The van der Waals surface area contributed by atoms with Crippen LogP contribution in [0.25, 0.3) is 0 Å². The monoisotopic (exact) mass is 233 g/mol. The molecule has 0 unspecified atom stereocenters. The second-order valence-corrected chi connectivity index (χ2v) is 5.06. The number of aromatic amines is 1. The number of hydrogen-bond acceptors (Lipinski definition) is 2. The van der Waals surface area contributed by atoms with Crippen molar-refractivity contribution in [1.82, 2.24) is 15.1 Å². The van der Waals surface area contributed by atoms with E-state index in [2.05, 4.69) is 42.8 Å². The van der Waals surface area contributed by atoms with E-state index in [0.717, 1.165) is 11.4 Å². The number of carbonyl (C=O) groups is 1. The lowest BCUT2D eigenvalue weighted by Gasteiger charge is -2.14. The number of amides is 1. The molecule has 0 aromatic carbocycles. The van der Waals surface area contributed by atoms with Crippen molar-refractivity contribution in [3.8, 4) is 11.8 Å². The Morgan fingerprint density at radius 3 is 2.65 bits per heavy atom. The van der Waals surface area contributed by atoms with Crippen molar-refractivity contribution < 1.29 is 4.79 Å². The van der Waals surface area contributed by atoms with Gasteiger partial charge in [-0.1, -0.05) is 26.7 Å². The standard InChI is InChI=1S/C13H19N3O/c1-6-7-12(17)16(5)9-10-8-11(15-14-10)13(2,3)4/h8H,9H2,1-5H3,(H,14,15). The molecule has 0 saturated carbocycles. The number of nitrogens with one attached hydrogen (secondary N) is 1. The quantitative estimate of drug-likeness (QED) is 0.790. The van der Waals surface area contributed by atoms with Crippen LogP contribution in [0.1, 0.15) is 39.1 Å². The van der Waals surface area contributed by atoms with Gasteiger partial charge in [-0.3, -0.25) is 9.89 Å². The van der Waals surface area contributed by atoms with Gasteiger partial charge in [0.05, 0.1) is 17.9 Å². The highest BCUT2D eigenvalue weighted by molar-refractivity contribution is 5.93. The lowest BCUT2D eigenvalue weighted by Crippen LogP contribution is -2.24. The summed E-state index contributed by atoms with van der Waals surface area (Å²) >= 11 is 0. The predicted molar refractivity (Wildman–Crippen MR) is 67.2 cm³/mol. The molecule has 1 amide bonds. The van der Waals surface area contributed by atoms with Gasteiger partial charge in [0.2, 0.25) is 0 Å². The summed E-state index contributed by atoms with van der Waals surface area (Å²) in [6, 6.07) is 1.99. The summed E-state index contributed by atoms with van der Waals surface area (Å²) in [5.41, 5.74) is 1.93. The van der Waals surface area contributed by atoms with Crippen molar-refractivity contribution in [3.63, 3.8) is 0 Å². The Kier molecular flexibility index (Phi) is 3.95. The van der Waals surface area contributed by atoms with Gasteiger partial charge in [-0.2, -0.15) is 5.10 Å². The van der Waals surface area contributed by atoms with Crippen LogP contribution in [0.4, 0.5) is 0 Å². The minimum absolute atomic E-state index is 0.0144. The molecule has 4 heteroatoms. The van der Waals surface area contributed by atoms with Crippen molar-refractivity contribution in [1.29, 1.82) is 0 Å². The number of carbonyl (C=O) groups excluding carboxylic acids is 1. The number of hydrogen-bond donors (Lipinski definition) is 1. The summed E-state index contributed by atoms with van der Waals surface area (Å²) in [4.78, 5) is 13.0. The molecule has 1 rings (SSSR count). The minimum atomic E-state index is -0.181. The van der Waals surface area contributed by atoms with E-state index in [4.69, 9.17) is 0 Å². The van der Waals surface area contributed by atoms with E-state index in [9.17, 15) is 4.79 Å². The van der Waals surface area contributed by atoms with E-state index in [1.807, 2.05) is 6.07 Å². The molecule has 0 aliphatic heterocycles. The maximum absolute atomic E-state index is 11.5. The Balaban J connectivity index is 2.72. The van der Waals surface area contributed by atoms with Crippen LogP contribution in [0.15, 0.2) is 6.07 Å². The molecular formula is C13H19N3O. The predicted octanol–water partition coefficient (Wildman–Crippen LogP) is 1.69. The highest BCUT2D eigenvalue weighted by Crippen LogP contribution is 2.20. The SMILES string of the molecule is CC#CC(=O)N(C)Cc1cc(C(C)(C)C)n[nH]1. The zero-order valence-electron chi connectivity index (χ0n) is 11.1. The van der Waals surface area contributed by atoms with Crippen LogP contribution < -0.4 is 0 Å². The van der Waals surface area contributed by atoms with Gasteiger partial charge in [0, 0.05) is 12.5 Å². The molecule has 0 aliphatic rings. The van der Waals surface area contributed by atoms with Gasteiger partial charge in [0.15, 0.2) is 0 Å². The van der Waals surface area contributed by atoms with Gasteiger partial charge in [0.1, 0.15) is 0 Å². The fourth-order valence-corrected chi connectivity index (χ4v) is 1.36. The average molecular weight is 233 g/mol. The van der Waals surface area contributed by atoms with E-state index in [-0.39, 0.29) is 11.3 Å². The lowest BCUT2D eigenvalue weighted by molar-refractivity contribution is -0.124. The Morgan fingerprint density at radius 2 is 2.18 bits per heavy atom. The number of H-pyrrole nitrogens is 1. The van der Waals surface area contributed by atoms with Crippen LogP contribution >= 0.6 is 0 Å². The third-order valence-electron chi connectivity index (χ3n) is 2.39. The second-order valence-electron chi connectivity index (χ2n) is 5.06. The summed E-state index contributed by atoms with van der Waals surface area (Å²) < 4.78 is 0. The first-order valence-electron chi connectivity index (χ1n) is 5.57. The molecule has 92 valence electrons. The molecule has 1 aromatic heterocycles. The minimum Gasteiger partial charge on any atom is -0.329 e. The van der Waals surface area contributed by atoms with Crippen LogP contribution in [0.2, 0.25) is 0 Å². The van der Waals surface area contributed by atoms with Gasteiger partial charge in [-0.05, 0) is 18.9 Å². The normalized spacial score (nSPS) is 10.6. The first-order valence-corrected chi connectivity index (χ1v) is 5.57. The van der Waals surface area contributed by atoms with Crippen LogP contribution in [0.3, 0.4) is 0 Å². The summed E-state index contributed by atoms with van der Waals surface area (Å²) in [7, 11) is 1.73. The van der Waals surface area contributed by atoms with Crippen molar-refractivity contribution in [2.45, 2.75) is 39.7 Å². The van der Waals surface area contributed by atoms with E-state index in [1.165, 1.54) is 0 Å². The molecule has 0 spiro atoms. The Morgan fingerprint density at radius 1 is 1.53 bits per heavy atom. The molecule has 4 nitrogen and oxygen atoms in total. The zero-order valence-corrected chi connectivity index (χ0v) is 11.1. The third-order valence-corrected chi connectivity index (χ3v) is 2.39. The fourth-order valence-electron chi connectivity index (χ4n) is 1.36. The third kappa shape index (κ3) is 3.63. The molecule has 1 N–H and O–H groups in total. The highest BCUT2D eigenvalue weighted by atomic mass is 16.2. The van der Waals surface area contributed by atoms with E-state index in [0.29, 0.717) is 6.54 Å². The van der Waals surface area contributed by atoms with Crippen LogP contribution in [0.5, 0.6) is 0 Å². The molecule has 0 radical (unpaired) electrons. The molecule has 0 atom stereocenters. The van der Waals surface area contributed by atoms with Gasteiger partial charge in [0.25, 0.3) is 5.91 Å². The Labute approximate surface area is 102 Å². The number of nitrogens with zero attached hydrogens (tertiary/aromatic N) is 2. The van der Waals surface area contributed by atoms with Gasteiger partial charge >= 0.3 is 0 Å². The topological polar surface area (TPSA) is 49.0 Å². The summed E-state index contributed by atoms with van der Waals surface area (Å²) in [6.45, 7) is 8.45. The average Bonchev–Trinajstić information content (AvgIpc) is 2.66. The van der Waals surface area contributed by atoms with Gasteiger partial charge < -0.3 is 4.90 Å². The van der Waals surface area contributed by atoms with Crippen molar-refractivity contribution in [3.05, 3.63) is 17.5 Å². The summed E-state index contributed by atoms with van der Waals surface area (Å²) in [5, 5.41) is 7.19. The fraction of sp³-hybridized carbons (Fsp3) is 0.538. The zero-order chi connectivity index (χ0) is 13.1. The molecule has 0 bridgehead atoms. The summed E-state index contributed by atoms with van der Waals surface area (Å²) in [6.07, 6.45) is 0. The first-order chi connectivity index (χ1) is 7.84. The molecule has 1 heterocycles. The van der Waals surface area contributed by atoms with Crippen LogP contribution in [-0.4, -0.2) is 28.1 Å². The van der Waals surface area contributed by atoms with E-state index >= 15 is 0 Å². The largest absolute Gasteiger partial charge is 0.329 e.